The molecular weight excluding hydrogens is 316 g/mol. The van der Waals surface area contributed by atoms with Crippen LogP contribution in [0, 0.1) is 5.92 Å². The zero-order chi connectivity index (χ0) is 17.2. The van der Waals surface area contributed by atoms with Gasteiger partial charge in [-0.05, 0) is 43.4 Å². The molecule has 136 valence electrons. The molecule has 1 amide bonds. The molecule has 3 unspecified atom stereocenters. The third-order valence-electron chi connectivity index (χ3n) is 5.68. The van der Waals surface area contributed by atoms with E-state index >= 15 is 0 Å². The SMILES string of the molecule is CC1CC1c1ccc(/C=C/C(=O)N2CCN(CC3CCCO3)CC2)o1. The lowest BCUT2D eigenvalue weighted by Crippen LogP contribution is -2.50. The molecular formula is C20H28N2O3. The van der Waals surface area contributed by atoms with E-state index in [1.165, 1.54) is 19.3 Å². The van der Waals surface area contributed by atoms with Crippen molar-refractivity contribution in [3.63, 3.8) is 0 Å². The van der Waals surface area contributed by atoms with E-state index in [-0.39, 0.29) is 5.91 Å². The Morgan fingerprint density at radius 1 is 1.28 bits per heavy atom. The Morgan fingerprint density at radius 2 is 2.08 bits per heavy atom. The number of rotatable bonds is 5. The average Bonchev–Trinajstić information content (AvgIpc) is 3.04. The molecule has 5 nitrogen and oxygen atoms in total. The molecule has 1 saturated carbocycles. The van der Waals surface area contributed by atoms with Gasteiger partial charge in [0, 0.05) is 51.3 Å². The largest absolute Gasteiger partial charge is 0.461 e. The molecule has 0 radical (unpaired) electrons. The van der Waals surface area contributed by atoms with E-state index in [4.69, 9.17) is 9.15 Å². The summed E-state index contributed by atoms with van der Waals surface area (Å²) >= 11 is 0. The lowest BCUT2D eigenvalue weighted by Gasteiger charge is -2.35. The van der Waals surface area contributed by atoms with Crippen LogP contribution in [0.3, 0.4) is 0 Å². The highest BCUT2D eigenvalue weighted by Gasteiger charge is 2.36. The molecule has 4 rings (SSSR count). The summed E-state index contributed by atoms with van der Waals surface area (Å²) in [4.78, 5) is 16.7. The molecule has 3 atom stereocenters. The van der Waals surface area contributed by atoms with E-state index in [0.717, 1.165) is 56.8 Å². The minimum atomic E-state index is 0.0782. The molecule has 5 heteroatoms. The fraction of sp³-hybridized carbons (Fsp3) is 0.650. The normalized spacial score (nSPS) is 30.3. The second-order valence-corrected chi connectivity index (χ2v) is 7.65. The number of piperazine rings is 1. The molecule has 25 heavy (non-hydrogen) atoms. The van der Waals surface area contributed by atoms with Crippen molar-refractivity contribution < 1.29 is 13.9 Å². The smallest absolute Gasteiger partial charge is 0.246 e. The van der Waals surface area contributed by atoms with Gasteiger partial charge in [0.15, 0.2) is 0 Å². The number of hydrogen-bond donors (Lipinski definition) is 0. The van der Waals surface area contributed by atoms with Crippen LogP contribution < -0.4 is 0 Å². The number of amides is 1. The maximum atomic E-state index is 12.4. The molecule has 3 fully saturated rings. The Labute approximate surface area is 149 Å². The second-order valence-electron chi connectivity index (χ2n) is 7.65. The first-order valence-corrected chi connectivity index (χ1v) is 9.60. The van der Waals surface area contributed by atoms with E-state index in [0.29, 0.717) is 12.0 Å². The molecule has 0 N–H and O–H groups in total. The van der Waals surface area contributed by atoms with Gasteiger partial charge in [-0.15, -0.1) is 0 Å². The predicted octanol–water partition coefficient (Wildman–Crippen LogP) is 2.74. The van der Waals surface area contributed by atoms with Crippen LogP contribution in [0.2, 0.25) is 0 Å². The van der Waals surface area contributed by atoms with Gasteiger partial charge in [-0.3, -0.25) is 9.69 Å². The topological polar surface area (TPSA) is 45.9 Å². The van der Waals surface area contributed by atoms with Crippen LogP contribution in [0.25, 0.3) is 6.08 Å². The molecule has 2 aliphatic heterocycles. The van der Waals surface area contributed by atoms with Gasteiger partial charge in [0.2, 0.25) is 5.91 Å². The Balaban J connectivity index is 1.23. The van der Waals surface area contributed by atoms with Gasteiger partial charge in [-0.25, -0.2) is 0 Å². The van der Waals surface area contributed by atoms with Gasteiger partial charge in [0.25, 0.3) is 0 Å². The molecule has 2 saturated heterocycles. The fourth-order valence-electron chi connectivity index (χ4n) is 3.86. The highest BCUT2D eigenvalue weighted by Crippen LogP contribution is 2.47. The number of carbonyl (C=O) groups is 1. The van der Waals surface area contributed by atoms with Crippen molar-refractivity contribution in [2.75, 3.05) is 39.3 Å². The number of nitrogens with zero attached hydrogens (tertiary/aromatic N) is 2. The standard InChI is InChI=1S/C20H28N2O3/c1-15-13-18(15)19-6-4-16(25-19)5-7-20(23)22-10-8-21(9-11-22)14-17-3-2-12-24-17/h4-7,15,17-18H,2-3,8-14H2,1H3/b7-5+. The van der Waals surface area contributed by atoms with E-state index in [9.17, 15) is 4.79 Å². The maximum absolute atomic E-state index is 12.4. The zero-order valence-corrected chi connectivity index (χ0v) is 15.0. The molecule has 1 aliphatic carbocycles. The lowest BCUT2D eigenvalue weighted by molar-refractivity contribution is -0.127. The predicted molar refractivity (Wildman–Crippen MR) is 96.3 cm³/mol. The van der Waals surface area contributed by atoms with E-state index in [2.05, 4.69) is 11.8 Å². The highest BCUT2D eigenvalue weighted by atomic mass is 16.5. The minimum Gasteiger partial charge on any atom is -0.461 e. The van der Waals surface area contributed by atoms with Crippen molar-refractivity contribution in [3.05, 3.63) is 29.7 Å². The molecule has 1 aromatic rings. The van der Waals surface area contributed by atoms with Gasteiger partial charge >= 0.3 is 0 Å². The van der Waals surface area contributed by atoms with Gasteiger partial charge in [0.1, 0.15) is 11.5 Å². The lowest BCUT2D eigenvalue weighted by atomic mass is 10.2. The van der Waals surface area contributed by atoms with Gasteiger partial charge in [0.05, 0.1) is 6.10 Å². The van der Waals surface area contributed by atoms with Crippen LogP contribution in [0.15, 0.2) is 22.6 Å². The molecule has 3 heterocycles. The average molecular weight is 344 g/mol. The van der Waals surface area contributed by atoms with Gasteiger partial charge < -0.3 is 14.1 Å². The molecule has 3 aliphatic rings. The Morgan fingerprint density at radius 3 is 2.76 bits per heavy atom. The second kappa shape index (κ2) is 7.34. The van der Waals surface area contributed by atoms with Gasteiger partial charge in [-0.1, -0.05) is 6.92 Å². The summed E-state index contributed by atoms with van der Waals surface area (Å²) in [5, 5.41) is 0. The minimum absolute atomic E-state index is 0.0782. The monoisotopic (exact) mass is 344 g/mol. The maximum Gasteiger partial charge on any atom is 0.246 e. The zero-order valence-electron chi connectivity index (χ0n) is 15.0. The van der Waals surface area contributed by atoms with E-state index in [1.807, 2.05) is 17.0 Å². The quantitative estimate of drug-likeness (QED) is 0.771. The van der Waals surface area contributed by atoms with Crippen LogP contribution in [-0.4, -0.2) is 61.1 Å². The Kier molecular flexibility index (Phi) is 4.95. The van der Waals surface area contributed by atoms with E-state index < -0.39 is 0 Å². The summed E-state index contributed by atoms with van der Waals surface area (Å²) in [6, 6.07) is 4.01. The van der Waals surface area contributed by atoms with Crippen molar-refractivity contribution in [3.8, 4) is 0 Å². The molecule has 0 spiro atoms. The first-order valence-electron chi connectivity index (χ1n) is 9.60. The Hall–Kier alpha value is -1.59. The van der Waals surface area contributed by atoms with Crippen molar-refractivity contribution in [2.45, 2.75) is 38.2 Å². The number of carbonyl (C=O) groups excluding carboxylic acids is 1. The number of hydrogen-bond acceptors (Lipinski definition) is 4. The summed E-state index contributed by atoms with van der Waals surface area (Å²) in [6.07, 6.45) is 7.41. The van der Waals surface area contributed by atoms with Crippen molar-refractivity contribution in [2.24, 2.45) is 5.92 Å². The molecule has 0 bridgehead atoms. The van der Waals surface area contributed by atoms with Crippen molar-refractivity contribution in [1.82, 2.24) is 9.80 Å². The summed E-state index contributed by atoms with van der Waals surface area (Å²) < 4.78 is 11.5. The van der Waals surface area contributed by atoms with Crippen LogP contribution in [0.4, 0.5) is 0 Å². The van der Waals surface area contributed by atoms with Crippen molar-refractivity contribution in [1.29, 1.82) is 0 Å². The summed E-state index contributed by atoms with van der Waals surface area (Å²) in [5.74, 6) is 3.22. The first kappa shape index (κ1) is 16.9. The van der Waals surface area contributed by atoms with Crippen LogP contribution in [0.5, 0.6) is 0 Å². The number of ether oxygens (including phenoxy) is 1. The number of furan rings is 1. The van der Waals surface area contributed by atoms with Gasteiger partial charge in [-0.2, -0.15) is 0 Å². The highest BCUT2D eigenvalue weighted by molar-refractivity contribution is 5.91. The van der Waals surface area contributed by atoms with E-state index in [1.54, 1.807) is 12.2 Å². The van der Waals surface area contributed by atoms with Crippen molar-refractivity contribution >= 4 is 12.0 Å². The van der Waals surface area contributed by atoms with Crippen LogP contribution >= 0.6 is 0 Å². The fourth-order valence-corrected chi connectivity index (χ4v) is 3.86. The summed E-state index contributed by atoms with van der Waals surface area (Å²) in [7, 11) is 0. The molecule has 0 aromatic carbocycles. The van der Waals surface area contributed by atoms with Crippen LogP contribution in [0.1, 0.15) is 43.6 Å². The van der Waals surface area contributed by atoms with Crippen LogP contribution in [-0.2, 0) is 9.53 Å². The first-order chi connectivity index (χ1) is 12.2. The summed E-state index contributed by atoms with van der Waals surface area (Å²) in [6.45, 7) is 7.60. The third-order valence-corrected chi connectivity index (χ3v) is 5.68. The summed E-state index contributed by atoms with van der Waals surface area (Å²) in [5.41, 5.74) is 0. The Bertz CT molecular complexity index is 625. The molecule has 1 aromatic heterocycles. The third kappa shape index (κ3) is 4.15.